The number of carbonyl (C=O) groups excluding carboxylic acids is 1. The molecule has 0 fully saturated rings. The second-order valence-electron chi connectivity index (χ2n) is 5.69. The number of nitrogens with one attached hydrogen (secondary N) is 1. The highest BCUT2D eigenvalue weighted by Gasteiger charge is 2.07. The number of fused-ring (bicyclic) bond motifs is 1. The molecule has 0 radical (unpaired) electrons. The molecule has 0 saturated heterocycles. The lowest BCUT2D eigenvalue weighted by Gasteiger charge is -2.07. The van der Waals surface area contributed by atoms with Crippen LogP contribution in [-0.4, -0.2) is 31.8 Å². The highest BCUT2D eigenvalue weighted by molar-refractivity contribution is 7.08. The molecular weight excluding hydrogens is 334 g/mol. The number of carbonyl (C=O) groups is 1. The van der Waals surface area contributed by atoms with E-state index in [1.54, 1.807) is 17.7 Å². The van der Waals surface area contributed by atoms with Gasteiger partial charge in [-0.2, -0.15) is 16.4 Å². The summed E-state index contributed by atoms with van der Waals surface area (Å²) in [5, 5.41) is 11.6. The van der Waals surface area contributed by atoms with E-state index in [-0.39, 0.29) is 12.5 Å². The van der Waals surface area contributed by atoms with Gasteiger partial charge in [-0.25, -0.2) is 4.98 Å². The van der Waals surface area contributed by atoms with Crippen LogP contribution in [0.1, 0.15) is 0 Å². The molecule has 3 heterocycles. The lowest BCUT2D eigenvalue weighted by atomic mass is 10.2. The third-order valence-electron chi connectivity index (χ3n) is 3.96. The molecule has 25 heavy (non-hydrogen) atoms. The van der Waals surface area contributed by atoms with Crippen LogP contribution in [0, 0.1) is 0 Å². The van der Waals surface area contributed by atoms with Crippen molar-refractivity contribution in [3.05, 3.63) is 59.7 Å². The van der Waals surface area contributed by atoms with Crippen molar-refractivity contribution >= 4 is 28.3 Å². The summed E-state index contributed by atoms with van der Waals surface area (Å²) in [6.07, 6.45) is 3.63. The van der Waals surface area contributed by atoms with Gasteiger partial charge in [0, 0.05) is 23.7 Å². The normalized spacial score (nSPS) is 11.0. The Balaban J connectivity index is 1.30. The SMILES string of the molecule is O=C(Cn1cnc2ccccc21)NCCn1ccc(-c2ccsc2)n1. The summed E-state index contributed by atoms with van der Waals surface area (Å²) >= 11 is 1.65. The Labute approximate surface area is 148 Å². The number of thiophene rings is 1. The minimum atomic E-state index is -0.0339. The van der Waals surface area contributed by atoms with Crippen molar-refractivity contribution in [2.75, 3.05) is 6.54 Å². The Morgan fingerprint density at radius 2 is 2.12 bits per heavy atom. The molecule has 0 saturated carbocycles. The van der Waals surface area contributed by atoms with Gasteiger partial charge in [0.1, 0.15) is 6.54 Å². The first kappa shape index (κ1) is 15.6. The first-order valence-electron chi connectivity index (χ1n) is 8.02. The molecule has 0 aliphatic rings. The van der Waals surface area contributed by atoms with Crippen molar-refractivity contribution in [2.24, 2.45) is 0 Å². The van der Waals surface area contributed by atoms with Crippen LogP contribution in [0.5, 0.6) is 0 Å². The maximum atomic E-state index is 12.1. The molecule has 1 N–H and O–H groups in total. The third-order valence-corrected chi connectivity index (χ3v) is 4.65. The largest absolute Gasteiger partial charge is 0.353 e. The first-order chi connectivity index (χ1) is 12.3. The van der Waals surface area contributed by atoms with Crippen molar-refractivity contribution < 1.29 is 4.79 Å². The molecule has 6 nitrogen and oxygen atoms in total. The molecule has 0 aliphatic carbocycles. The number of hydrogen-bond donors (Lipinski definition) is 1. The second kappa shape index (κ2) is 6.90. The zero-order valence-corrected chi connectivity index (χ0v) is 14.3. The fraction of sp³-hybridized carbons (Fsp3) is 0.167. The van der Waals surface area contributed by atoms with Gasteiger partial charge in [-0.1, -0.05) is 12.1 Å². The minimum Gasteiger partial charge on any atom is -0.353 e. The number of imidazole rings is 1. The average molecular weight is 351 g/mol. The van der Waals surface area contributed by atoms with E-state index in [9.17, 15) is 4.79 Å². The topological polar surface area (TPSA) is 64.7 Å². The standard InChI is InChI=1S/C18H17N5OS/c24-18(11-22-13-20-16-3-1-2-4-17(16)22)19-7-9-23-8-5-15(21-23)14-6-10-25-12-14/h1-6,8,10,12-13H,7,9,11H2,(H,19,24). The van der Waals surface area contributed by atoms with E-state index in [1.165, 1.54) is 0 Å². The van der Waals surface area contributed by atoms with E-state index in [2.05, 4.69) is 26.8 Å². The Bertz CT molecular complexity index is 986. The highest BCUT2D eigenvalue weighted by atomic mass is 32.1. The average Bonchev–Trinajstić information content (AvgIpc) is 3.35. The molecule has 4 aromatic rings. The molecule has 4 rings (SSSR count). The van der Waals surface area contributed by atoms with E-state index in [1.807, 2.05) is 51.2 Å². The molecule has 3 aromatic heterocycles. The van der Waals surface area contributed by atoms with Crippen LogP contribution >= 0.6 is 11.3 Å². The maximum absolute atomic E-state index is 12.1. The molecule has 0 aliphatic heterocycles. The van der Waals surface area contributed by atoms with Crippen molar-refractivity contribution in [2.45, 2.75) is 13.1 Å². The van der Waals surface area contributed by atoms with Gasteiger partial charge < -0.3 is 9.88 Å². The van der Waals surface area contributed by atoms with Crippen molar-refractivity contribution in [3.63, 3.8) is 0 Å². The summed E-state index contributed by atoms with van der Waals surface area (Å²) in [5.41, 5.74) is 3.94. The Hall–Kier alpha value is -2.93. The van der Waals surface area contributed by atoms with Crippen LogP contribution in [0.2, 0.25) is 0 Å². The second-order valence-corrected chi connectivity index (χ2v) is 6.47. The zero-order valence-electron chi connectivity index (χ0n) is 13.5. The van der Waals surface area contributed by atoms with Crippen molar-refractivity contribution in [1.29, 1.82) is 0 Å². The summed E-state index contributed by atoms with van der Waals surface area (Å²) in [6, 6.07) is 11.8. The van der Waals surface area contributed by atoms with Crippen molar-refractivity contribution in [1.82, 2.24) is 24.6 Å². The van der Waals surface area contributed by atoms with Crippen LogP contribution < -0.4 is 5.32 Å². The minimum absolute atomic E-state index is 0.0339. The quantitative estimate of drug-likeness (QED) is 0.581. The van der Waals surface area contributed by atoms with Crippen LogP contribution in [0.3, 0.4) is 0 Å². The number of rotatable bonds is 6. The van der Waals surface area contributed by atoms with Gasteiger partial charge in [-0.15, -0.1) is 0 Å². The van der Waals surface area contributed by atoms with Gasteiger partial charge in [-0.05, 0) is 29.6 Å². The number of hydrogen-bond acceptors (Lipinski definition) is 4. The number of amides is 1. The van der Waals surface area contributed by atoms with Gasteiger partial charge in [0.05, 0.1) is 29.6 Å². The first-order valence-corrected chi connectivity index (χ1v) is 8.96. The summed E-state index contributed by atoms with van der Waals surface area (Å²) in [6.45, 7) is 1.44. The van der Waals surface area contributed by atoms with Gasteiger partial charge >= 0.3 is 0 Å². The summed E-state index contributed by atoms with van der Waals surface area (Å²) in [7, 11) is 0. The van der Waals surface area contributed by atoms with E-state index in [4.69, 9.17) is 0 Å². The zero-order chi connectivity index (χ0) is 17.1. The number of nitrogens with zero attached hydrogens (tertiary/aromatic N) is 4. The Morgan fingerprint density at radius 1 is 1.20 bits per heavy atom. The molecule has 0 unspecified atom stereocenters. The van der Waals surface area contributed by atoms with Crippen LogP contribution in [0.15, 0.2) is 59.7 Å². The lowest BCUT2D eigenvalue weighted by Crippen LogP contribution is -2.30. The molecule has 126 valence electrons. The molecule has 0 bridgehead atoms. The van der Waals surface area contributed by atoms with Crippen LogP contribution in [0.4, 0.5) is 0 Å². The highest BCUT2D eigenvalue weighted by Crippen LogP contribution is 2.19. The maximum Gasteiger partial charge on any atom is 0.240 e. The number of para-hydroxylation sites is 2. The molecule has 7 heteroatoms. The predicted octanol–water partition coefficient (Wildman–Crippen LogP) is 2.78. The van der Waals surface area contributed by atoms with E-state index in [0.29, 0.717) is 13.1 Å². The van der Waals surface area contributed by atoms with E-state index in [0.717, 1.165) is 22.3 Å². The van der Waals surface area contributed by atoms with Crippen molar-refractivity contribution in [3.8, 4) is 11.3 Å². The van der Waals surface area contributed by atoms with Gasteiger partial charge in [0.2, 0.25) is 5.91 Å². The summed E-state index contributed by atoms with van der Waals surface area (Å²) in [4.78, 5) is 16.4. The van der Waals surface area contributed by atoms with Crippen LogP contribution in [-0.2, 0) is 17.9 Å². The Kier molecular flexibility index (Phi) is 4.30. The molecule has 1 aromatic carbocycles. The number of aromatic nitrogens is 4. The lowest BCUT2D eigenvalue weighted by molar-refractivity contribution is -0.121. The molecular formula is C18H17N5OS. The summed E-state index contributed by atoms with van der Waals surface area (Å²) < 4.78 is 3.70. The fourth-order valence-corrected chi connectivity index (χ4v) is 3.36. The molecule has 0 spiro atoms. The van der Waals surface area contributed by atoms with Crippen LogP contribution in [0.25, 0.3) is 22.3 Å². The monoisotopic (exact) mass is 351 g/mol. The Morgan fingerprint density at radius 3 is 3.00 bits per heavy atom. The smallest absolute Gasteiger partial charge is 0.240 e. The van der Waals surface area contributed by atoms with E-state index >= 15 is 0 Å². The van der Waals surface area contributed by atoms with Gasteiger partial charge in [0.25, 0.3) is 0 Å². The molecule has 1 amide bonds. The summed E-state index contributed by atoms with van der Waals surface area (Å²) in [5.74, 6) is -0.0339. The molecule has 0 atom stereocenters. The number of benzene rings is 1. The predicted molar refractivity (Wildman–Crippen MR) is 98.3 cm³/mol. The van der Waals surface area contributed by atoms with Gasteiger partial charge in [0.15, 0.2) is 0 Å². The fourth-order valence-electron chi connectivity index (χ4n) is 2.71. The van der Waals surface area contributed by atoms with E-state index < -0.39 is 0 Å². The third kappa shape index (κ3) is 3.46. The van der Waals surface area contributed by atoms with Gasteiger partial charge in [-0.3, -0.25) is 9.48 Å².